The number of hydrogen-bond donors (Lipinski definition) is 5. The van der Waals surface area contributed by atoms with Gasteiger partial charge in [0.05, 0.1) is 12.1 Å². The van der Waals surface area contributed by atoms with Crippen LogP contribution in [0.1, 0.15) is 52.4 Å². The summed E-state index contributed by atoms with van der Waals surface area (Å²) in [6.07, 6.45) is 4.82. The summed E-state index contributed by atoms with van der Waals surface area (Å²) in [5.74, 6) is -0.725. The Morgan fingerprint density at radius 2 is 1.69 bits per heavy atom. The first kappa shape index (κ1) is 22.5. The lowest BCUT2D eigenvalue weighted by Gasteiger charge is -2.30. The van der Waals surface area contributed by atoms with Gasteiger partial charge in [-0.3, -0.25) is 14.4 Å². The van der Waals surface area contributed by atoms with Crippen LogP contribution in [0.4, 0.5) is 0 Å². The van der Waals surface area contributed by atoms with Crippen LogP contribution < -0.4 is 22.1 Å². The van der Waals surface area contributed by atoms with Crippen molar-refractivity contribution < 1.29 is 19.5 Å². The number of amides is 2. The zero-order valence-electron chi connectivity index (χ0n) is 15.9. The van der Waals surface area contributed by atoms with Crippen molar-refractivity contribution in [3.05, 3.63) is 0 Å². The summed E-state index contributed by atoms with van der Waals surface area (Å²) < 4.78 is 0. The lowest BCUT2D eigenvalue weighted by Crippen LogP contribution is -2.57. The van der Waals surface area contributed by atoms with Crippen molar-refractivity contribution in [2.45, 2.75) is 70.6 Å². The highest BCUT2D eigenvalue weighted by atomic mass is 16.3. The minimum absolute atomic E-state index is 0.0432. The Labute approximate surface area is 155 Å². The fraction of sp³-hybridized carbons (Fsp3) is 0.833. The first-order chi connectivity index (χ1) is 12.3. The average molecular weight is 370 g/mol. The van der Waals surface area contributed by atoms with Crippen LogP contribution in [0.15, 0.2) is 0 Å². The molecule has 8 heteroatoms. The maximum absolute atomic E-state index is 12.4. The number of nitrogens with one attached hydrogen (secondary N) is 2. The van der Waals surface area contributed by atoms with Gasteiger partial charge in [0.2, 0.25) is 11.8 Å². The number of nitrogens with two attached hydrogens (primary N) is 2. The third kappa shape index (κ3) is 7.01. The van der Waals surface area contributed by atoms with E-state index >= 15 is 0 Å². The summed E-state index contributed by atoms with van der Waals surface area (Å²) in [4.78, 5) is 36.2. The van der Waals surface area contributed by atoms with Crippen LogP contribution in [-0.4, -0.2) is 54.0 Å². The number of rotatable bonds is 10. The number of Topliss-reactive ketones (excluding diaryl/α,β-unsaturated/α-hetero) is 1. The van der Waals surface area contributed by atoms with Crippen molar-refractivity contribution in [3.63, 3.8) is 0 Å². The summed E-state index contributed by atoms with van der Waals surface area (Å²) in [7, 11) is 0. The van der Waals surface area contributed by atoms with Crippen molar-refractivity contribution >= 4 is 17.6 Å². The topological polar surface area (TPSA) is 148 Å². The standard InChI is InChI=1S/C18H34N4O4/c1-11(23)15(10-20)21-18(26)17(12(2)24)22-16(25)8-14(9-19)13-6-4-3-5-7-13/h12-15,17,24H,3-10,19-20H2,1-2H3,(H,21,26)(H,22,25)/t12-,14?,15-,17-/m0/s1. The third-order valence-electron chi connectivity index (χ3n) is 5.19. The van der Waals surface area contributed by atoms with E-state index in [-0.39, 0.29) is 30.6 Å². The molecule has 0 radical (unpaired) electrons. The second kappa shape index (κ2) is 11.3. The van der Waals surface area contributed by atoms with Crippen molar-refractivity contribution in [2.75, 3.05) is 13.1 Å². The molecule has 26 heavy (non-hydrogen) atoms. The molecular formula is C18H34N4O4. The van der Waals surface area contributed by atoms with Crippen molar-refractivity contribution in [1.29, 1.82) is 0 Å². The maximum atomic E-state index is 12.4. The van der Waals surface area contributed by atoms with Crippen LogP contribution in [0.25, 0.3) is 0 Å². The van der Waals surface area contributed by atoms with E-state index < -0.39 is 24.1 Å². The molecule has 8 nitrogen and oxygen atoms in total. The van der Waals surface area contributed by atoms with E-state index in [1.54, 1.807) is 0 Å². The van der Waals surface area contributed by atoms with E-state index in [0.29, 0.717) is 12.5 Å². The first-order valence-electron chi connectivity index (χ1n) is 9.48. The zero-order chi connectivity index (χ0) is 19.7. The molecule has 0 heterocycles. The van der Waals surface area contributed by atoms with Crippen molar-refractivity contribution in [3.8, 4) is 0 Å². The van der Waals surface area contributed by atoms with E-state index in [2.05, 4.69) is 10.6 Å². The van der Waals surface area contributed by atoms with Gasteiger partial charge in [0.1, 0.15) is 6.04 Å². The smallest absolute Gasteiger partial charge is 0.245 e. The van der Waals surface area contributed by atoms with Gasteiger partial charge < -0.3 is 27.2 Å². The van der Waals surface area contributed by atoms with E-state index in [1.807, 2.05) is 0 Å². The molecule has 0 aromatic carbocycles. The SMILES string of the molecule is CC(=O)[C@H](CN)NC(=O)[C@@H](NC(=O)CC(CN)C1CCCCC1)[C@H](C)O. The summed E-state index contributed by atoms with van der Waals surface area (Å²) in [5, 5.41) is 14.9. The average Bonchev–Trinajstić information content (AvgIpc) is 2.62. The second-order valence-corrected chi connectivity index (χ2v) is 7.29. The highest BCUT2D eigenvalue weighted by Crippen LogP contribution is 2.31. The Balaban J connectivity index is 2.65. The van der Waals surface area contributed by atoms with Gasteiger partial charge in [0.25, 0.3) is 0 Å². The van der Waals surface area contributed by atoms with E-state index in [1.165, 1.54) is 20.3 Å². The number of ketones is 1. The minimum atomic E-state index is -1.14. The van der Waals surface area contributed by atoms with Gasteiger partial charge in [-0.25, -0.2) is 0 Å². The van der Waals surface area contributed by atoms with Crippen molar-refractivity contribution in [2.24, 2.45) is 23.3 Å². The molecule has 2 amide bonds. The van der Waals surface area contributed by atoms with Gasteiger partial charge in [-0.05, 0) is 32.2 Å². The molecule has 0 saturated heterocycles. The molecule has 1 unspecified atom stereocenters. The minimum Gasteiger partial charge on any atom is -0.391 e. The molecule has 1 aliphatic carbocycles. The molecule has 0 aliphatic heterocycles. The molecular weight excluding hydrogens is 336 g/mol. The monoisotopic (exact) mass is 370 g/mol. The number of aliphatic hydroxyl groups excluding tert-OH is 1. The molecule has 1 saturated carbocycles. The fourth-order valence-electron chi connectivity index (χ4n) is 3.51. The number of hydrogen-bond acceptors (Lipinski definition) is 6. The van der Waals surface area contributed by atoms with Gasteiger partial charge in [-0.2, -0.15) is 0 Å². The number of carbonyl (C=O) groups excluding carboxylic acids is 3. The molecule has 1 rings (SSSR count). The van der Waals surface area contributed by atoms with Gasteiger partial charge in [-0.1, -0.05) is 32.1 Å². The van der Waals surface area contributed by atoms with Crippen LogP contribution in [0.2, 0.25) is 0 Å². The molecule has 150 valence electrons. The predicted octanol–water partition coefficient (Wildman–Crippen LogP) is -0.570. The van der Waals surface area contributed by atoms with E-state index in [9.17, 15) is 19.5 Å². The Morgan fingerprint density at radius 3 is 2.15 bits per heavy atom. The van der Waals surface area contributed by atoms with Gasteiger partial charge in [0.15, 0.2) is 5.78 Å². The van der Waals surface area contributed by atoms with Gasteiger partial charge in [-0.15, -0.1) is 0 Å². The lowest BCUT2D eigenvalue weighted by atomic mass is 9.78. The summed E-state index contributed by atoms with van der Waals surface area (Å²) >= 11 is 0. The van der Waals surface area contributed by atoms with E-state index in [4.69, 9.17) is 11.5 Å². The highest BCUT2D eigenvalue weighted by molar-refractivity contribution is 5.92. The Hall–Kier alpha value is -1.51. The van der Waals surface area contributed by atoms with E-state index in [0.717, 1.165) is 25.7 Å². The first-order valence-corrected chi connectivity index (χ1v) is 9.48. The molecule has 1 fully saturated rings. The predicted molar refractivity (Wildman–Crippen MR) is 99.0 cm³/mol. The molecule has 1 aliphatic rings. The molecule has 0 spiro atoms. The molecule has 0 aromatic heterocycles. The summed E-state index contributed by atoms with van der Waals surface area (Å²) in [5.41, 5.74) is 11.3. The quantitative estimate of drug-likeness (QED) is 0.348. The Kier molecular flexibility index (Phi) is 9.75. The summed E-state index contributed by atoms with van der Waals surface area (Å²) in [6.45, 7) is 3.11. The normalized spacial score (nSPS) is 19.9. The van der Waals surface area contributed by atoms with Gasteiger partial charge >= 0.3 is 0 Å². The van der Waals surface area contributed by atoms with Crippen LogP contribution >= 0.6 is 0 Å². The van der Waals surface area contributed by atoms with Crippen LogP contribution in [0.3, 0.4) is 0 Å². The zero-order valence-corrected chi connectivity index (χ0v) is 15.9. The fourth-order valence-corrected chi connectivity index (χ4v) is 3.51. The summed E-state index contributed by atoms with van der Waals surface area (Å²) in [6, 6.07) is -1.97. The van der Waals surface area contributed by atoms with Crippen LogP contribution in [0, 0.1) is 11.8 Å². The Morgan fingerprint density at radius 1 is 1.08 bits per heavy atom. The largest absolute Gasteiger partial charge is 0.391 e. The maximum Gasteiger partial charge on any atom is 0.245 e. The number of aliphatic hydroxyl groups is 1. The molecule has 0 bridgehead atoms. The number of carbonyl (C=O) groups is 3. The van der Waals surface area contributed by atoms with Crippen LogP contribution in [-0.2, 0) is 14.4 Å². The molecule has 7 N–H and O–H groups in total. The van der Waals surface area contributed by atoms with Gasteiger partial charge in [0, 0.05) is 13.0 Å². The molecule has 4 atom stereocenters. The Bertz CT molecular complexity index is 478. The second-order valence-electron chi connectivity index (χ2n) is 7.29. The lowest BCUT2D eigenvalue weighted by molar-refractivity contribution is -0.133. The van der Waals surface area contributed by atoms with Crippen molar-refractivity contribution in [1.82, 2.24) is 10.6 Å². The van der Waals surface area contributed by atoms with Crippen LogP contribution in [0.5, 0.6) is 0 Å². The highest BCUT2D eigenvalue weighted by Gasteiger charge is 2.30. The third-order valence-corrected chi connectivity index (χ3v) is 5.19. The molecule has 0 aromatic rings.